The van der Waals surface area contributed by atoms with E-state index in [0.717, 1.165) is 11.1 Å². The lowest BCUT2D eigenvalue weighted by Crippen LogP contribution is -2.13. The molecule has 0 saturated carbocycles. The van der Waals surface area contributed by atoms with Crippen LogP contribution in [0.3, 0.4) is 0 Å². The van der Waals surface area contributed by atoms with E-state index in [-0.39, 0.29) is 4.90 Å². The molecule has 0 unspecified atom stereocenters. The fraction of sp³-hybridized carbons (Fsp3) is 0.143. The molecule has 0 saturated heterocycles. The third kappa shape index (κ3) is 3.13. The first kappa shape index (κ1) is 13.6. The van der Waals surface area contributed by atoms with Crippen LogP contribution in [0, 0.1) is 6.92 Å². The Morgan fingerprint density at radius 2 is 1.79 bits per heavy atom. The van der Waals surface area contributed by atoms with Crippen LogP contribution in [0.25, 0.3) is 0 Å². The summed E-state index contributed by atoms with van der Waals surface area (Å²) in [5.74, 6) is 0. The number of hydrogen-bond donors (Lipinski definition) is 2. The van der Waals surface area contributed by atoms with Gasteiger partial charge < -0.3 is 5.73 Å². The lowest BCUT2D eigenvalue weighted by atomic mass is 10.1. The Hall–Kier alpha value is -1.85. The average Bonchev–Trinajstić information content (AvgIpc) is 2.39. The van der Waals surface area contributed by atoms with Crippen LogP contribution in [0.5, 0.6) is 0 Å². The average molecular weight is 276 g/mol. The van der Waals surface area contributed by atoms with Gasteiger partial charge in [-0.2, -0.15) is 0 Å². The summed E-state index contributed by atoms with van der Waals surface area (Å²) in [5, 5.41) is 0. The minimum absolute atomic E-state index is 0.224. The Morgan fingerprint density at radius 1 is 1.11 bits per heavy atom. The highest BCUT2D eigenvalue weighted by molar-refractivity contribution is 7.92. The maximum Gasteiger partial charge on any atom is 0.261 e. The van der Waals surface area contributed by atoms with Crippen LogP contribution in [0.15, 0.2) is 53.4 Å². The van der Waals surface area contributed by atoms with Gasteiger partial charge in [-0.15, -0.1) is 0 Å². The SMILES string of the molecule is Cc1ccc(S(=O)(=O)Nc2ccccc2)cc1CN. The first-order valence-corrected chi connectivity index (χ1v) is 7.39. The van der Waals surface area contributed by atoms with Crippen molar-refractivity contribution in [2.75, 3.05) is 4.72 Å². The van der Waals surface area contributed by atoms with E-state index in [1.165, 1.54) is 0 Å². The number of anilines is 1. The van der Waals surface area contributed by atoms with Gasteiger partial charge in [0.25, 0.3) is 10.0 Å². The van der Waals surface area contributed by atoms with Crippen molar-refractivity contribution in [3.63, 3.8) is 0 Å². The highest BCUT2D eigenvalue weighted by Gasteiger charge is 2.15. The van der Waals surface area contributed by atoms with Crippen molar-refractivity contribution in [2.24, 2.45) is 5.73 Å². The topological polar surface area (TPSA) is 72.2 Å². The summed E-state index contributed by atoms with van der Waals surface area (Å²) in [7, 11) is -3.57. The van der Waals surface area contributed by atoms with Gasteiger partial charge in [0.05, 0.1) is 4.90 Å². The van der Waals surface area contributed by atoms with Gasteiger partial charge in [-0.1, -0.05) is 24.3 Å². The summed E-state index contributed by atoms with van der Waals surface area (Å²) in [6, 6.07) is 13.8. The molecule has 0 atom stereocenters. The Morgan fingerprint density at radius 3 is 2.42 bits per heavy atom. The minimum Gasteiger partial charge on any atom is -0.326 e. The summed E-state index contributed by atoms with van der Waals surface area (Å²) >= 11 is 0. The Balaban J connectivity index is 2.35. The Bertz CT molecular complexity index is 667. The number of aryl methyl sites for hydroxylation is 1. The van der Waals surface area contributed by atoms with E-state index in [1.54, 1.807) is 42.5 Å². The van der Waals surface area contributed by atoms with Crippen molar-refractivity contribution in [3.05, 3.63) is 59.7 Å². The largest absolute Gasteiger partial charge is 0.326 e. The molecule has 0 aliphatic carbocycles. The summed E-state index contributed by atoms with van der Waals surface area (Å²) in [5.41, 5.74) is 7.96. The minimum atomic E-state index is -3.57. The van der Waals surface area contributed by atoms with Gasteiger partial charge in [0, 0.05) is 12.2 Å². The molecule has 0 heterocycles. The second-order valence-corrected chi connectivity index (χ2v) is 5.95. The van der Waals surface area contributed by atoms with Crippen LogP contribution >= 0.6 is 0 Å². The van der Waals surface area contributed by atoms with Crippen LogP contribution in [-0.4, -0.2) is 8.42 Å². The zero-order valence-electron chi connectivity index (χ0n) is 10.6. The van der Waals surface area contributed by atoms with Crippen molar-refractivity contribution in [1.29, 1.82) is 0 Å². The first-order chi connectivity index (χ1) is 9.03. The lowest BCUT2D eigenvalue weighted by Gasteiger charge is -2.10. The maximum absolute atomic E-state index is 12.2. The van der Waals surface area contributed by atoms with E-state index in [0.29, 0.717) is 12.2 Å². The molecule has 2 aromatic rings. The summed E-state index contributed by atoms with van der Waals surface area (Å²) in [6.45, 7) is 2.23. The summed E-state index contributed by atoms with van der Waals surface area (Å²) in [6.07, 6.45) is 0. The van der Waals surface area contributed by atoms with Gasteiger partial charge in [-0.05, 0) is 42.3 Å². The molecule has 0 aromatic heterocycles. The number of benzene rings is 2. The van der Waals surface area contributed by atoms with Crippen molar-refractivity contribution in [1.82, 2.24) is 0 Å². The maximum atomic E-state index is 12.2. The molecular formula is C14H16N2O2S. The molecule has 100 valence electrons. The predicted octanol–water partition coefficient (Wildman–Crippen LogP) is 2.25. The third-order valence-corrected chi connectivity index (χ3v) is 4.26. The number of nitrogens with one attached hydrogen (secondary N) is 1. The quantitative estimate of drug-likeness (QED) is 0.899. The first-order valence-electron chi connectivity index (χ1n) is 5.90. The van der Waals surface area contributed by atoms with E-state index < -0.39 is 10.0 Å². The van der Waals surface area contributed by atoms with E-state index in [4.69, 9.17) is 5.73 Å². The molecule has 3 N–H and O–H groups in total. The fourth-order valence-corrected chi connectivity index (χ4v) is 2.86. The van der Waals surface area contributed by atoms with Crippen molar-refractivity contribution < 1.29 is 8.42 Å². The summed E-state index contributed by atoms with van der Waals surface area (Å²) < 4.78 is 27.0. The molecule has 2 aromatic carbocycles. The molecule has 0 aliphatic rings. The van der Waals surface area contributed by atoms with E-state index in [2.05, 4.69) is 4.72 Å². The van der Waals surface area contributed by atoms with Crippen molar-refractivity contribution in [3.8, 4) is 0 Å². The second-order valence-electron chi connectivity index (χ2n) is 4.26. The Labute approximate surface area is 113 Å². The van der Waals surface area contributed by atoms with Gasteiger partial charge in [0.2, 0.25) is 0 Å². The number of sulfonamides is 1. The van der Waals surface area contributed by atoms with Crippen LogP contribution in [0.1, 0.15) is 11.1 Å². The van der Waals surface area contributed by atoms with Crippen LogP contribution in [0.2, 0.25) is 0 Å². The van der Waals surface area contributed by atoms with Crippen molar-refractivity contribution >= 4 is 15.7 Å². The second kappa shape index (κ2) is 5.42. The normalized spacial score (nSPS) is 11.3. The van der Waals surface area contributed by atoms with Gasteiger partial charge in [0.15, 0.2) is 0 Å². The zero-order valence-corrected chi connectivity index (χ0v) is 11.4. The van der Waals surface area contributed by atoms with E-state index in [9.17, 15) is 8.42 Å². The molecule has 0 bridgehead atoms. The third-order valence-electron chi connectivity index (χ3n) is 2.88. The standard InChI is InChI=1S/C14H16N2O2S/c1-11-7-8-14(9-12(11)10-15)19(17,18)16-13-5-3-2-4-6-13/h2-9,16H,10,15H2,1H3. The molecule has 4 nitrogen and oxygen atoms in total. The Kier molecular flexibility index (Phi) is 3.87. The van der Waals surface area contributed by atoms with Gasteiger partial charge in [-0.3, -0.25) is 4.72 Å². The van der Waals surface area contributed by atoms with Gasteiger partial charge in [0.1, 0.15) is 0 Å². The summed E-state index contributed by atoms with van der Waals surface area (Å²) in [4.78, 5) is 0.224. The molecule has 0 amide bonds. The highest BCUT2D eigenvalue weighted by atomic mass is 32.2. The van der Waals surface area contributed by atoms with Crippen LogP contribution in [0.4, 0.5) is 5.69 Å². The number of rotatable bonds is 4. The predicted molar refractivity (Wildman–Crippen MR) is 76.3 cm³/mol. The highest BCUT2D eigenvalue weighted by Crippen LogP contribution is 2.18. The van der Waals surface area contributed by atoms with Gasteiger partial charge >= 0.3 is 0 Å². The van der Waals surface area contributed by atoms with E-state index >= 15 is 0 Å². The van der Waals surface area contributed by atoms with Crippen molar-refractivity contribution in [2.45, 2.75) is 18.4 Å². The smallest absolute Gasteiger partial charge is 0.261 e. The number of hydrogen-bond acceptors (Lipinski definition) is 3. The molecular weight excluding hydrogens is 260 g/mol. The molecule has 19 heavy (non-hydrogen) atoms. The molecule has 0 aliphatic heterocycles. The molecule has 2 rings (SSSR count). The lowest BCUT2D eigenvalue weighted by molar-refractivity contribution is 0.601. The van der Waals surface area contributed by atoms with Gasteiger partial charge in [-0.25, -0.2) is 8.42 Å². The molecule has 0 fully saturated rings. The van der Waals surface area contributed by atoms with E-state index in [1.807, 2.05) is 13.0 Å². The molecule has 0 spiro atoms. The van der Waals surface area contributed by atoms with Crippen LogP contribution in [-0.2, 0) is 16.6 Å². The molecule has 0 radical (unpaired) electrons. The fourth-order valence-electron chi connectivity index (χ4n) is 1.76. The number of para-hydroxylation sites is 1. The monoisotopic (exact) mass is 276 g/mol. The number of nitrogens with two attached hydrogens (primary N) is 1. The molecule has 5 heteroatoms. The van der Waals surface area contributed by atoms with Crippen LogP contribution < -0.4 is 10.5 Å². The zero-order chi connectivity index (χ0) is 13.9.